The van der Waals surface area contributed by atoms with E-state index in [4.69, 9.17) is 0 Å². The van der Waals surface area contributed by atoms with Gasteiger partial charge in [0.25, 0.3) is 0 Å². The largest absolute Gasteiger partial charge is 0.266 e. The normalized spacial score (nSPS) is 28.1. The first-order chi connectivity index (χ1) is 8.55. The van der Waals surface area contributed by atoms with Gasteiger partial charge in [-0.3, -0.25) is 4.68 Å². The molecule has 1 aromatic heterocycles. The number of rotatable bonds is 2. The molecule has 0 saturated heterocycles. The van der Waals surface area contributed by atoms with Crippen molar-refractivity contribution in [1.82, 2.24) is 9.78 Å². The van der Waals surface area contributed by atoms with E-state index in [1.807, 2.05) is 11.6 Å². The molecule has 18 heavy (non-hydrogen) atoms. The van der Waals surface area contributed by atoms with E-state index in [9.17, 15) is 8.78 Å². The van der Waals surface area contributed by atoms with E-state index in [1.165, 1.54) is 31.4 Å². The summed E-state index contributed by atoms with van der Waals surface area (Å²) in [5.74, 6) is -1.95. The Bertz CT molecular complexity index is 433. The highest BCUT2D eigenvalue weighted by Gasteiger charge is 2.41. The Kier molecular flexibility index (Phi) is 2.91. The summed E-state index contributed by atoms with van der Waals surface area (Å²) in [6.07, 6.45) is 5.44. The van der Waals surface area contributed by atoms with E-state index in [-0.39, 0.29) is 18.9 Å². The van der Waals surface area contributed by atoms with Crippen molar-refractivity contribution in [2.24, 2.45) is 0 Å². The van der Waals surface area contributed by atoms with Crippen molar-refractivity contribution in [3.63, 3.8) is 0 Å². The molecule has 4 heteroatoms. The highest BCUT2D eigenvalue weighted by molar-refractivity contribution is 5.16. The molecule has 0 aliphatic heterocycles. The summed E-state index contributed by atoms with van der Waals surface area (Å²) < 4.78 is 28.6. The maximum Gasteiger partial charge on any atom is 0.250 e. The van der Waals surface area contributed by atoms with Crippen LogP contribution in [0.5, 0.6) is 0 Å². The molecule has 0 bridgehead atoms. The van der Waals surface area contributed by atoms with E-state index in [2.05, 4.69) is 11.2 Å². The summed E-state index contributed by atoms with van der Waals surface area (Å²) in [4.78, 5) is 0. The van der Waals surface area contributed by atoms with Crippen molar-refractivity contribution in [2.45, 2.75) is 69.8 Å². The second-order valence-electron chi connectivity index (χ2n) is 5.89. The molecule has 0 radical (unpaired) electrons. The van der Waals surface area contributed by atoms with Crippen LogP contribution in [0, 0.1) is 6.92 Å². The van der Waals surface area contributed by atoms with Gasteiger partial charge in [0.05, 0.1) is 11.7 Å². The third-order valence-electron chi connectivity index (χ3n) is 4.38. The van der Waals surface area contributed by atoms with Crippen LogP contribution in [0.25, 0.3) is 0 Å². The highest BCUT2D eigenvalue weighted by atomic mass is 19.3. The van der Waals surface area contributed by atoms with Crippen LogP contribution in [0.2, 0.25) is 0 Å². The average Bonchev–Trinajstić information content (AvgIpc) is 2.96. The van der Waals surface area contributed by atoms with Gasteiger partial charge >= 0.3 is 0 Å². The predicted octanol–water partition coefficient (Wildman–Crippen LogP) is 4.21. The summed E-state index contributed by atoms with van der Waals surface area (Å²) in [5.41, 5.74) is 2.17. The van der Waals surface area contributed by atoms with Crippen LogP contribution in [0.1, 0.15) is 68.3 Å². The fourth-order valence-corrected chi connectivity index (χ4v) is 3.49. The zero-order valence-corrected chi connectivity index (χ0v) is 10.8. The zero-order chi connectivity index (χ0) is 12.8. The summed E-state index contributed by atoms with van der Waals surface area (Å²) in [6, 6.07) is 2.01. The molecule has 3 rings (SSSR count). The molecule has 0 amide bonds. The average molecular weight is 254 g/mol. The summed E-state index contributed by atoms with van der Waals surface area (Å²) in [5, 5.41) is 4.49. The highest BCUT2D eigenvalue weighted by Crippen LogP contribution is 2.44. The van der Waals surface area contributed by atoms with Gasteiger partial charge in [-0.1, -0.05) is 12.8 Å². The quantitative estimate of drug-likeness (QED) is 0.773. The monoisotopic (exact) mass is 254 g/mol. The van der Waals surface area contributed by atoms with Gasteiger partial charge < -0.3 is 0 Å². The molecule has 2 fully saturated rings. The Balaban J connectivity index is 1.87. The molecule has 2 nitrogen and oxygen atoms in total. The van der Waals surface area contributed by atoms with Crippen LogP contribution < -0.4 is 0 Å². The van der Waals surface area contributed by atoms with E-state index in [0.717, 1.165) is 5.69 Å². The van der Waals surface area contributed by atoms with Crippen LogP contribution >= 0.6 is 0 Å². The summed E-state index contributed by atoms with van der Waals surface area (Å²) >= 11 is 0. The Labute approximate surface area is 106 Å². The molecule has 2 aliphatic carbocycles. The SMILES string of the molecule is Cc1cc(C2CCCC2)n(C2CCC(F)(F)C2)n1. The maximum atomic E-state index is 13.4. The summed E-state index contributed by atoms with van der Waals surface area (Å²) in [6.45, 7) is 1.96. The lowest BCUT2D eigenvalue weighted by Gasteiger charge is -2.18. The van der Waals surface area contributed by atoms with Gasteiger partial charge in [-0.2, -0.15) is 5.10 Å². The van der Waals surface area contributed by atoms with Crippen molar-refractivity contribution in [1.29, 1.82) is 0 Å². The molecule has 100 valence electrons. The number of nitrogens with zero attached hydrogens (tertiary/aromatic N) is 2. The van der Waals surface area contributed by atoms with Gasteiger partial charge in [-0.15, -0.1) is 0 Å². The Hall–Kier alpha value is -0.930. The molecule has 0 spiro atoms. The molecule has 0 N–H and O–H groups in total. The Morgan fingerprint density at radius 2 is 2.00 bits per heavy atom. The second kappa shape index (κ2) is 4.32. The third kappa shape index (κ3) is 2.17. The number of alkyl halides is 2. The van der Waals surface area contributed by atoms with Gasteiger partial charge in [0.2, 0.25) is 5.92 Å². The van der Waals surface area contributed by atoms with Gasteiger partial charge in [-0.05, 0) is 32.3 Å². The lowest BCUT2D eigenvalue weighted by molar-refractivity contribution is 0.00503. The fraction of sp³-hybridized carbons (Fsp3) is 0.786. The van der Waals surface area contributed by atoms with E-state index >= 15 is 0 Å². The number of halogens is 2. The standard InChI is InChI=1S/C14H20F2N2/c1-10-8-13(11-4-2-3-5-11)18(17-10)12-6-7-14(15,16)9-12/h8,11-12H,2-7,9H2,1H3. The van der Waals surface area contributed by atoms with Crippen LogP contribution in [-0.2, 0) is 0 Å². The molecular weight excluding hydrogens is 234 g/mol. The predicted molar refractivity (Wildman–Crippen MR) is 66.0 cm³/mol. The number of aryl methyl sites for hydroxylation is 1. The minimum absolute atomic E-state index is 0.0146. The van der Waals surface area contributed by atoms with Crippen molar-refractivity contribution in [3.05, 3.63) is 17.5 Å². The second-order valence-corrected chi connectivity index (χ2v) is 5.89. The molecular formula is C14H20F2N2. The van der Waals surface area contributed by atoms with Crippen molar-refractivity contribution >= 4 is 0 Å². The first-order valence-corrected chi connectivity index (χ1v) is 6.99. The van der Waals surface area contributed by atoms with Gasteiger partial charge in [0.15, 0.2) is 0 Å². The van der Waals surface area contributed by atoms with Crippen molar-refractivity contribution < 1.29 is 8.78 Å². The lowest BCUT2D eigenvalue weighted by Crippen LogP contribution is -2.16. The first kappa shape index (κ1) is 12.1. The minimum Gasteiger partial charge on any atom is -0.266 e. The van der Waals surface area contributed by atoms with Gasteiger partial charge in [0.1, 0.15) is 0 Å². The van der Waals surface area contributed by atoms with Crippen molar-refractivity contribution in [2.75, 3.05) is 0 Å². The fourth-order valence-electron chi connectivity index (χ4n) is 3.49. The van der Waals surface area contributed by atoms with Crippen LogP contribution in [0.15, 0.2) is 6.07 Å². The van der Waals surface area contributed by atoms with E-state index < -0.39 is 5.92 Å². The molecule has 1 heterocycles. The number of hydrogen-bond acceptors (Lipinski definition) is 1. The Morgan fingerprint density at radius 3 is 2.61 bits per heavy atom. The first-order valence-electron chi connectivity index (χ1n) is 6.99. The molecule has 1 atom stereocenters. The van der Waals surface area contributed by atoms with Crippen LogP contribution in [0.4, 0.5) is 8.78 Å². The minimum atomic E-state index is -2.49. The molecule has 1 unspecified atom stereocenters. The third-order valence-corrected chi connectivity index (χ3v) is 4.38. The molecule has 2 aliphatic rings. The number of aromatic nitrogens is 2. The van der Waals surface area contributed by atoms with Gasteiger partial charge in [0, 0.05) is 24.5 Å². The molecule has 0 aromatic carbocycles. The van der Waals surface area contributed by atoms with Crippen LogP contribution in [0.3, 0.4) is 0 Å². The smallest absolute Gasteiger partial charge is 0.250 e. The van der Waals surface area contributed by atoms with Crippen LogP contribution in [-0.4, -0.2) is 15.7 Å². The maximum absolute atomic E-state index is 13.4. The summed E-state index contributed by atoms with van der Waals surface area (Å²) in [7, 11) is 0. The zero-order valence-electron chi connectivity index (χ0n) is 10.8. The molecule has 1 aromatic rings. The van der Waals surface area contributed by atoms with E-state index in [0.29, 0.717) is 12.3 Å². The Morgan fingerprint density at radius 1 is 1.28 bits per heavy atom. The number of hydrogen-bond donors (Lipinski definition) is 0. The van der Waals surface area contributed by atoms with E-state index in [1.54, 1.807) is 0 Å². The van der Waals surface area contributed by atoms with Gasteiger partial charge in [-0.25, -0.2) is 8.78 Å². The molecule has 2 saturated carbocycles. The lowest BCUT2D eigenvalue weighted by atomic mass is 10.0. The topological polar surface area (TPSA) is 17.8 Å². The van der Waals surface area contributed by atoms with Crippen molar-refractivity contribution in [3.8, 4) is 0 Å².